The average Bonchev–Trinajstić information content (AvgIpc) is 3.57. The number of likely N-dealkylation sites (tertiary alicyclic amines) is 1. The van der Waals surface area contributed by atoms with Crippen molar-refractivity contribution in [3.05, 3.63) is 69.8 Å². The van der Waals surface area contributed by atoms with Crippen LogP contribution in [0.1, 0.15) is 29.9 Å². The third kappa shape index (κ3) is 4.39. The van der Waals surface area contributed by atoms with Gasteiger partial charge in [-0.15, -0.1) is 11.3 Å². The van der Waals surface area contributed by atoms with Crippen LogP contribution in [0.2, 0.25) is 0 Å². The summed E-state index contributed by atoms with van der Waals surface area (Å²) in [6.45, 7) is 7.37. The molecule has 1 atom stereocenters. The topological polar surface area (TPSA) is 106 Å². The number of carbonyl (C=O) groups is 1. The van der Waals surface area contributed by atoms with Gasteiger partial charge in [-0.2, -0.15) is 0 Å². The van der Waals surface area contributed by atoms with Crippen molar-refractivity contribution in [2.75, 3.05) is 36.9 Å². The number of nitrogen functional groups attached to an aromatic ring is 1. The first kappa shape index (κ1) is 24.4. The van der Waals surface area contributed by atoms with Gasteiger partial charge in [-0.25, -0.2) is 4.98 Å². The first-order chi connectivity index (χ1) is 18.4. The average molecular weight is 531 g/mol. The van der Waals surface area contributed by atoms with Gasteiger partial charge in [0.25, 0.3) is 11.5 Å². The second-order valence-corrected chi connectivity index (χ2v) is 11.0. The predicted molar refractivity (Wildman–Crippen MR) is 151 cm³/mol. The van der Waals surface area contributed by atoms with Gasteiger partial charge in [0.1, 0.15) is 17.2 Å². The zero-order chi connectivity index (χ0) is 26.4. The molecule has 2 aliphatic rings. The molecule has 1 saturated heterocycles. The lowest BCUT2D eigenvalue weighted by Gasteiger charge is -2.31. The molecule has 1 fully saturated rings. The fraction of sp³-hybridized carbons (Fsp3) is 0.321. The summed E-state index contributed by atoms with van der Waals surface area (Å²) in [5.74, 6) is 0.478. The number of anilines is 3. The van der Waals surface area contributed by atoms with Crippen molar-refractivity contribution < 1.29 is 9.53 Å². The molecule has 0 aliphatic carbocycles. The largest absolute Gasteiger partial charge is 0.490 e. The van der Waals surface area contributed by atoms with Crippen LogP contribution < -0.4 is 26.2 Å². The van der Waals surface area contributed by atoms with Crippen molar-refractivity contribution in [1.82, 2.24) is 19.8 Å². The Bertz CT molecular complexity index is 1560. The molecule has 9 nitrogen and oxygen atoms in total. The molecular weight excluding hydrogens is 500 g/mol. The lowest BCUT2D eigenvalue weighted by atomic mass is 10.1. The predicted octanol–water partition coefficient (Wildman–Crippen LogP) is 3.77. The van der Waals surface area contributed by atoms with Crippen molar-refractivity contribution in [2.24, 2.45) is 0 Å². The number of benzene rings is 2. The maximum atomic E-state index is 13.3. The molecule has 38 heavy (non-hydrogen) atoms. The van der Waals surface area contributed by atoms with Crippen LogP contribution in [0, 0.1) is 0 Å². The smallest absolute Gasteiger partial charge is 0.298 e. The molecule has 0 spiro atoms. The molecule has 4 aromatic rings. The zero-order valence-electron chi connectivity index (χ0n) is 21.4. The first-order valence-corrected chi connectivity index (χ1v) is 13.7. The summed E-state index contributed by atoms with van der Waals surface area (Å²) in [7, 11) is 0. The highest BCUT2D eigenvalue weighted by Crippen LogP contribution is 2.38. The fourth-order valence-electron chi connectivity index (χ4n) is 5.21. The van der Waals surface area contributed by atoms with Crippen LogP contribution in [0.5, 0.6) is 5.75 Å². The Kier molecular flexibility index (Phi) is 6.29. The number of para-hydroxylation sites is 1. The van der Waals surface area contributed by atoms with E-state index in [2.05, 4.69) is 33.9 Å². The lowest BCUT2D eigenvalue weighted by molar-refractivity contribution is 0.0941. The van der Waals surface area contributed by atoms with E-state index >= 15 is 0 Å². The molecule has 196 valence electrons. The monoisotopic (exact) mass is 530 g/mol. The van der Waals surface area contributed by atoms with E-state index in [0.29, 0.717) is 40.1 Å². The SMILES string of the molecule is CC(C)N1CC[C@H](NC(=O)c2cc3c(nc(N)c(=O)n3-c3ccc4c(c3)N(c3ccccc3)CCO4)s2)C1. The van der Waals surface area contributed by atoms with Gasteiger partial charge in [0.05, 0.1) is 28.3 Å². The molecule has 0 saturated carbocycles. The Morgan fingerprint density at radius 2 is 1.95 bits per heavy atom. The molecule has 0 bridgehead atoms. The number of aromatic nitrogens is 2. The number of fused-ring (bicyclic) bond motifs is 2. The standard InChI is InChI=1S/C28H30N6O3S/c1-17(2)32-11-10-18(16-32)30-26(35)24-15-22-27(38-24)31-25(29)28(36)34(22)20-8-9-23-21(14-20)33(12-13-37-23)19-6-4-3-5-7-19/h3-9,14-15,17-18H,10-13,16H2,1-2H3,(H2,29,31)(H,30,35)/t18-/m0/s1. The van der Waals surface area contributed by atoms with E-state index < -0.39 is 5.56 Å². The quantitative estimate of drug-likeness (QED) is 0.405. The van der Waals surface area contributed by atoms with Crippen LogP contribution in [-0.2, 0) is 0 Å². The second kappa shape index (κ2) is 9.77. The maximum Gasteiger partial charge on any atom is 0.298 e. The zero-order valence-corrected chi connectivity index (χ0v) is 22.2. The van der Waals surface area contributed by atoms with E-state index in [1.165, 1.54) is 11.3 Å². The van der Waals surface area contributed by atoms with Crippen molar-refractivity contribution in [1.29, 1.82) is 0 Å². The fourth-order valence-corrected chi connectivity index (χ4v) is 6.14. The van der Waals surface area contributed by atoms with Crippen molar-refractivity contribution in [2.45, 2.75) is 32.4 Å². The van der Waals surface area contributed by atoms with Crippen molar-refractivity contribution in [3.63, 3.8) is 0 Å². The molecule has 4 heterocycles. The molecule has 2 aromatic heterocycles. The van der Waals surface area contributed by atoms with E-state index in [-0.39, 0.29) is 17.8 Å². The summed E-state index contributed by atoms with van der Waals surface area (Å²) in [6.07, 6.45) is 0.917. The van der Waals surface area contributed by atoms with Gasteiger partial charge in [0.2, 0.25) is 0 Å². The van der Waals surface area contributed by atoms with E-state index in [4.69, 9.17) is 10.5 Å². The number of nitrogens with two attached hydrogens (primary N) is 1. The van der Waals surface area contributed by atoms with Crippen LogP contribution in [0.3, 0.4) is 0 Å². The van der Waals surface area contributed by atoms with Gasteiger partial charge in [-0.3, -0.25) is 19.1 Å². The second-order valence-electron chi connectivity index (χ2n) is 9.97. The molecular formula is C28H30N6O3S. The van der Waals surface area contributed by atoms with E-state index in [9.17, 15) is 9.59 Å². The van der Waals surface area contributed by atoms with Crippen molar-refractivity contribution >= 4 is 44.8 Å². The minimum atomic E-state index is -0.423. The third-order valence-corrected chi connectivity index (χ3v) is 8.24. The summed E-state index contributed by atoms with van der Waals surface area (Å²) < 4.78 is 7.45. The highest BCUT2D eigenvalue weighted by atomic mass is 32.1. The molecule has 10 heteroatoms. The summed E-state index contributed by atoms with van der Waals surface area (Å²) in [4.78, 5) is 36.3. The molecule has 2 aliphatic heterocycles. The Hall–Kier alpha value is -3.89. The summed E-state index contributed by atoms with van der Waals surface area (Å²) in [5, 5.41) is 3.15. The number of ether oxygens (including phenoxy) is 1. The first-order valence-electron chi connectivity index (χ1n) is 12.9. The Morgan fingerprint density at radius 1 is 1.13 bits per heavy atom. The lowest BCUT2D eigenvalue weighted by Crippen LogP contribution is -2.38. The number of thiophene rings is 1. The molecule has 3 N–H and O–H groups in total. The van der Waals surface area contributed by atoms with Gasteiger partial charge in [-0.1, -0.05) is 18.2 Å². The molecule has 6 rings (SSSR count). The highest BCUT2D eigenvalue weighted by molar-refractivity contribution is 7.20. The number of hydrogen-bond acceptors (Lipinski definition) is 8. The van der Waals surface area contributed by atoms with Crippen LogP contribution in [0.4, 0.5) is 17.2 Å². The Morgan fingerprint density at radius 3 is 2.71 bits per heavy atom. The van der Waals surface area contributed by atoms with Crippen LogP contribution >= 0.6 is 11.3 Å². The molecule has 0 unspecified atom stereocenters. The van der Waals surface area contributed by atoms with Crippen LogP contribution in [-0.4, -0.2) is 58.7 Å². The Labute approximate surface area is 224 Å². The van der Waals surface area contributed by atoms with Gasteiger partial charge in [0.15, 0.2) is 5.82 Å². The van der Waals surface area contributed by atoms with E-state index in [1.807, 2.05) is 48.5 Å². The summed E-state index contributed by atoms with van der Waals surface area (Å²) in [5.41, 5.74) is 8.73. The van der Waals surface area contributed by atoms with Gasteiger partial charge < -0.3 is 20.7 Å². The van der Waals surface area contributed by atoms with Gasteiger partial charge >= 0.3 is 0 Å². The third-order valence-electron chi connectivity index (χ3n) is 7.22. The van der Waals surface area contributed by atoms with Crippen LogP contribution in [0.25, 0.3) is 16.0 Å². The minimum Gasteiger partial charge on any atom is -0.490 e. The number of rotatable bonds is 5. The number of amides is 1. The highest BCUT2D eigenvalue weighted by Gasteiger charge is 2.27. The normalized spacial score (nSPS) is 17.6. The maximum absolute atomic E-state index is 13.3. The van der Waals surface area contributed by atoms with E-state index in [0.717, 1.165) is 36.6 Å². The molecule has 0 radical (unpaired) electrons. The molecule has 2 aromatic carbocycles. The number of nitrogens with one attached hydrogen (secondary N) is 1. The molecule has 1 amide bonds. The van der Waals surface area contributed by atoms with E-state index in [1.54, 1.807) is 10.6 Å². The van der Waals surface area contributed by atoms with Gasteiger partial charge in [0, 0.05) is 30.9 Å². The number of hydrogen-bond donors (Lipinski definition) is 2. The number of carbonyl (C=O) groups excluding carboxylic acids is 1. The van der Waals surface area contributed by atoms with Gasteiger partial charge in [-0.05, 0) is 56.7 Å². The minimum absolute atomic E-state index is 0.0972. The summed E-state index contributed by atoms with van der Waals surface area (Å²) in [6, 6.07) is 18.0. The summed E-state index contributed by atoms with van der Waals surface area (Å²) >= 11 is 1.24. The number of nitrogens with zero attached hydrogens (tertiary/aromatic N) is 4. The Balaban J connectivity index is 1.37. The van der Waals surface area contributed by atoms with Crippen LogP contribution in [0.15, 0.2) is 59.4 Å². The van der Waals surface area contributed by atoms with Crippen molar-refractivity contribution in [3.8, 4) is 11.4 Å².